The van der Waals surface area contributed by atoms with Crippen molar-refractivity contribution in [2.75, 3.05) is 13.1 Å². The lowest BCUT2D eigenvalue weighted by Crippen LogP contribution is -2.48. The monoisotopic (exact) mass is 225 g/mol. The van der Waals surface area contributed by atoms with Gasteiger partial charge in [-0.15, -0.1) is 4.31 Å². The van der Waals surface area contributed by atoms with Crippen molar-refractivity contribution in [2.24, 2.45) is 11.8 Å². The van der Waals surface area contributed by atoms with Crippen LogP contribution in [-0.2, 0) is 11.4 Å². The lowest BCUT2D eigenvalue weighted by molar-refractivity contribution is 0.317. The normalized spacial score (nSPS) is 35.9. The molecule has 3 atom stereocenters. The van der Waals surface area contributed by atoms with E-state index >= 15 is 0 Å². The van der Waals surface area contributed by atoms with Crippen molar-refractivity contribution in [3.05, 3.63) is 24.3 Å². The minimum atomic E-state index is -0.820. The van der Waals surface area contributed by atoms with Crippen molar-refractivity contribution in [1.82, 2.24) is 4.31 Å². The number of allylic oxidation sites excluding steroid dienone is 3. The van der Waals surface area contributed by atoms with E-state index in [9.17, 15) is 4.55 Å². The Bertz CT molecular complexity index is 275. The molecule has 0 aromatic carbocycles. The van der Waals surface area contributed by atoms with Crippen molar-refractivity contribution in [3.63, 3.8) is 0 Å². The van der Waals surface area contributed by atoms with Gasteiger partial charge in [0.05, 0.1) is 0 Å². The number of hydrogen-bond acceptors (Lipinski definition) is 2. The summed E-state index contributed by atoms with van der Waals surface area (Å²) in [5.74, 6) is 1.09. The van der Waals surface area contributed by atoms with Gasteiger partial charge in [0.25, 0.3) is 0 Å². The molecular weight excluding hydrogens is 206 g/mol. The summed E-state index contributed by atoms with van der Waals surface area (Å²) in [4.78, 5) is 0. The fourth-order valence-corrected chi connectivity index (χ4v) is 4.06. The predicted molar refractivity (Wildman–Crippen MR) is 64.7 cm³/mol. The Morgan fingerprint density at radius 1 is 1.40 bits per heavy atom. The zero-order valence-corrected chi connectivity index (χ0v) is 10.2. The Hall–Kier alpha value is -0.250. The van der Waals surface area contributed by atoms with Gasteiger partial charge in [0.15, 0.2) is 5.25 Å². The van der Waals surface area contributed by atoms with E-state index in [1.165, 1.54) is 0 Å². The summed E-state index contributed by atoms with van der Waals surface area (Å²) in [6.07, 6.45) is 9.56. The van der Waals surface area contributed by atoms with E-state index in [0.717, 1.165) is 19.5 Å². The lowest BCUT2D eigenvalue weighted by atomic mass is 9.96. The van der Waals surface area contributed by atoms with E-state index in [2.05, 4.69) is 36.4 Å². The molecule has 84 valence electrons. The third-order valence-corrected chi connectivity index (χ3v) is 4.77. The standard InChI is InChI=1S/C12H19NOS/c1-10(2)9-13-8-7-11-5-3-4-6-12(11)15(13)14/h3-6,10-12H,7-9H2,1-2H3. The Morgan fingerprint density at radius 2 is 2.13 bits per heavy atom. The summed E-state index contributed by atoms with van der Waals surface area (Å²) in [6, 6.07) is 0. The predicted octanol–water partition coefficient (Wildman–Crippen LogP) is 2.12. The SMILES string of the molecule is CC(C)CN1CCC2C=CC=CC2[S+]1[O-]. The number of hydrogen-bond donors (Lipinski definition) is 0. The van der Waals surface area contributed by atoms with Gasteiger partial charge in [-0.2, -0.15) is 0 Å². The molecule has 2 aliphatic rings. The number of rotatable bonds is 2. The van der Waals surface area contributed by atoms with Crippen LogP contribution < -0.4 is 0 Å². The van der Waals surface area contributed by atoms with E-state index in [0.29, 0.717) is 11.8 Å². The molecule has 3 heteroatoms. The van der Waals surface area contributed by atoms with Crippen LogP contribution in [0, 0.1) is 11.8 Å². The molecule has 0 spiro atoms. The minimum absolute atomic E-state index is 0.225. The summed E-state index contributed by atoms with van der Waals surface area (Å²) >= 11 is -0.820. The molecule has 0 amide bonds. The molecule has 0 radical (unpaired) electrons. The first-order valence-corrected chi connectivity index (χ1v) is 6.86. The molecule has 1 aliphatic heterocycles. The van der Waals surface area contributed by atoms with Crippen LogP contribution in [0.2, 0.25) is 0 Å². The topological polar surface area (TPSA) is 26.3 Å². The van der Waals surface area contributed by atoms with Crippen LogP contribution in [0.1, 0.15) is 20.3 Å². The highest BCUT2D eigenvalue weighted by atomic mass is 32.2. The third-order valence-electron chi connectivity index (χ3n) is 2.96. The molecule has 15 heavy (non-hydrogen) atoms. The van der Waals surface area contributed by atoms with E-state index in [1.54, 1.807) is 0 Å². The second-order valence-corrected chi connectivity index (χ2v) is 6.36. The van der Waals surface area contributed by atoms with Gasteiger partial charge in [-0.3, -0.25) is 0 Å². The first kappa shape index (κ1) is 11.2. The second-order valence-electron chi connectivity index (χ2n) is 4.74. The Labute approximate surface area is 95.4 Å². The van der Waals surface area contributed by atoms with E-state index < -0.39 is 11.4 Å². The Kier molecular flexibility index (Phi) is 3.54. The van der Waals surface area contributed by atoms with Gasteiger partial charge < -0.3 is 4.55 Å². The zero-order valence-electron chi connectivity index (χ0n) is 9.43. The van der Waals surface area contributed by atoms with Crippen LogP contribution in [0.3, 0.4) is 0 Å². The fourth-order valence-electron chi connectivity index (χ4n) is 2.24. The molecule has 1 aliphatic carbocycles. The van der Waals surface area contributed by atoms with Gasteiger partial charge in [0.1, 0.15) is 0 Å². The Morgan fingerprint density at radius 3 is 2.87 bits per heavy atom. The second kappa shape index (κ2) is 4.73. The molecular formula is C12H19NOS. The number of nitrogens with zero attached hydrogens (tertiary/aromatic N) is 1. The van der Waals surface area contributed by atoms with Crippen molar-refractivity contribution in [2.45, 2.75) is 25.5 Å². The van der Waals surface area contributed by atoms with Gasteiger partial charge in [-0.25, -0.2) is 0 Å². The van der Waals surface area contributed by atoms with Crippen LogP contribution in [-0.4, -0.2) is 27.2 Å². The first-order chi connectivity index (χ1) is 7.18. The van der Waals surface area contributed by atoms with Gasteiger partial charge >= 0.3 is 0 Å². The molecule has 2 nitrogen and oxygen atoms in total. The van der Waals surface area contributed by atoms with Crippen LogP contribution in [0.4, 0.5) is 0 Å². The Balaban J connectivity index is 2.02. The van der Waals surface area contributed by atoms with Gasteiger partial charge in [0.2, 0.25) is 0 Å². The van der Waals surface area contributed by atoms with Crippen LogP contribution in [0.25, 0.3) is 0 Å². The maximum absolute atomic E-state index is 12.2. The number of fused-ring (bicyclic) bond motifs is 1. The van der Waals surface area contributed by atoms with Crippen molar-refractivity contribution < 1.29 is 4.55 Å². The van der Waals surface area contributed by atoms with Gasteiger partial charge in [-0.1, -0.05) is 32.1 Å². The lowest BCUT2D eigenvalue weighted by Gasteiger charge is -2.38. The first-order valence-electron chi connectivity index (χ1n) is 5.69. The van der Waals surface area contributed by atoms with Crippen molar-refractivity contribution >= 4 is 11.4 Å². The largest absolute Gasteiger partial charge is 0.597 e. The maximum atomic E-state index is 12.2. The van der Waals surface area contributed by atoms with Crippen LogP contribution in [0.15, 0.2) is 24.3 Å². The van der Waals surface area contributed by atoms with Gasteiger partial charge in [0, 0.05) is 30.4 Å². The third kappa shape index (κ3) is 2.47. The summed E-state index contributed by atoms with van der Waals surface area (Å²) in [5.41, 5.74) is 0. The summed E-state index contributed by atoms with van der Waals surface area (Å²) in [5, 5.41) is 0.225. The highest BCUT2D eigenvalue weighted by Gasteiger charge is 2.39. The smallest absolute Gasteiger partial charge is 0.160 e. The minimum Gasteiger partial charge on any atom is -0.597 e. The quantitative estimate of drug-likeness (QED) is 0.673. The maximum Gasteiger partial charge on any atom is 0.160 e. The van der Waals surface area contributed by atoms with Crippen LogP contribution in [0.5, 0.6) is 0 Å². The summed E-state index contributed by atoms with van der Waals surface area (Å²) in [6.45, 7) is 6.29. The molecule has 0 aromatic rings. The van der Waals surface area contributed by atoms with E-state index in [-0.39, 0.29) is 5.25 Å². The molecule has 3 unspecified atom stereocenters. The molecule has 0 N–H and O–H groups in total. The molecule has 0 bridgehead atoms. The molecule has 0 saturated carbocycles. The van der Waals surface area contributed by atoms with E-state index in [1.807, 2.05) is 6.08 Å². The van der Waals surface area contributed by atoms with Crippen LogP contribution >= 0.6 is 0 Å². The van der Waals surface area contributed by atoms with E-state index in [4.69, 9.17) is 0 Å². The molecule has 1 fully saturated rings. The van der Waals surface area contributed by atoms with Crippen molar-refractivity contribution in [1.29, 1.82) is 0 Å². The summed E-state index contributed by atoms with van der Waals surface area (Å²) < 4.78 is 14.4. The molecule has 1 saturated heterocycles. The van der Waals surface area contributed by atoms with Crippen molar-refractivity contribution in [3.8, 4) is 0 Å². The van der Waals surface area contributed by atoms with Gasteiger partial charge in [-0.05, 0) is 18.4 Å². The summed E-state index contributed by atoms with van der Waals surface area (Å²) in [7, 11) is 0. The fraction of sp³-hybridized carbons (Fsp3) is 0.667. The molecule has 0 aromatic heterocycles. The highest BCUT2D eigenvalue weighted by molar-refractivity contribution is 7.90. The average molecular weight is 225 g/mol. The average Bonchev–Trinajstić information content (AvgIpc) is 2.22. The molecule has 2 rings (SSSR count). The zero-order chi connectivity index (χ0) is 10.8. The molecule has 1 heterocycles. The highest BCUT2D eigenvalue weighted by Crippen LogP contribution is 2.31.